The van der Waals surface area contributed by atoms with Crippen LogP contribution in [0, 0.1) is 0 Å². The summed E-state index contributed by atoms with van der Waals surface area (Å²) in [5, 5.41) is 19.7. The summed E-state index contributed by atoms with van der Waals surface area (Å²) in [5.74, 6) is 0. The molecule has 0 radical (unpaired) electrons. The van der Waals surface area contributed by atoms with Crippen molar-refractivity contribution in [3.63, 3.8) is 0 Å². The Hall–Kier alpha value is -0.660. The second-order valence-corrected chi connectivity index (χ2v) is 6.71. The first kappa shape index (κ1) is 22.4. The summed E-state index contributed by atoms with van der Waals surface area (Å²) >= 11 is 0. The molecule has 0 aromatic carbocycles. The van der Waals surface area contributed by atoms with Crippen molar-refractivity contribution in [3.8, 4) is 0 Å². The van der Waals surface area contributed by atoms with Gasteiger partial charge in [0.05, 0.1) is 18.9 Å². The van der Waals surface area contributed by atoms with Gasteiger partial charge in [0.1, 0.15) is 18.3 Å². The molecule has 4 N–H and O–H groups in total. The van der Waals surface area contributed by atoms with Crippen LogP contribution in [0.5, 0.6) is 0 Å². The summed E-state index contributed by atoms with van der Waals surface area (Å²) in [7, 11) is 0. The highest BCUT2D eigenvalue weighted by molar-refractivity contribution is 4.93. The predicted molar refractivity (Wildman–Crippen MR) is 98.0 cm³/mol. The fraction of sp³-hybridized carbons (Fsp3) is 0.895. The monoisotopic (exact) mass is 359 g/mol. The molecule has 1 saturated heterocycles. The van der Waals surface area contributed by atoms with Gasteiger partial charge in [0, 0.05) is 6.61 Å². The number of ether oxygens (including phenoxy) is 3. The fourth-order valence-corrected chi connectivity index (χ4v) is 3.03. The van der Waals surface area contributed by atoms with Gasteiger partial charge >= 0.3 is 0 Å². The molecule has 0 spiro atoms. The van der Waals surface area contributed by atoms with E-state index in [0.29, 0.717) is 6.61 Å². The maximum absolute atomic E-state index is 10.3. The Morgan fingerprint density at radius 2 is 1.72 bits per heavy atom. The molecular weight excluding hydrogens is 322 g/mol. The molecule has 148 valence electrons. The third-order valence-electron chi connectivity index (χ3n) is 4.56. The third kappa shape index (κ3) is 8.05. The van der Waals surface area contributed by atoms with E-state index in [1.807, 2.05) is 6.92 Å². The molecule has 1 aliphatic rings. The summed E-state index contributed by atoms with van der Waals surface area (Å²) in [6.45, 7) is 4.28. The minimum atomic E-state index is -0.959. The van der Waals surface area contributed by atoms with E-state index >= 15 is 0 Å². The van der Waals surface area contributed by atoms with Crippen molar-refractivity contribution in [2.45, 2.75) is 95.9 Å². The van der Waals surface area contributed by atoms with Crippen LogP contribution in [0.4, 0.5) is 0 Å². The number of unbranched alkanes of at least 4 members (excludes halogenated alkanes) is 7. The van der Waals surface area contributed by atoms with Crippen LogP contribution in [0.15, 0.2) is 12.3 Å². The van der Waals surface area contributed by atoms with E-state index in [-0.39, 0.29) is 6.61 Å². The van der Waals surface area contributed by atoms with Crippen molar-refractivity contribution < 1.29 is 24.4 Å². The predicted octanol–water partition coefficient (Wildman–Crippen LogP) is 2.47. The van der Waals surface area contributed by atoms with Gasteiger partial charge in [-0.1, -0.05) is 57.9 Å². The van der Waals surface area contributed by atoms with Gasteiger partial charge in [0.15, 0.2) is 0 Å². The Morgan fingerprint density at radius 3 is 2.32 bits per heavy atom. The quantitative estimate of drug-likeness (QED) is 0.345. The number of aliphatic hydroxyl groups excluding tert-OH is 2. The van der Waals surface area contributed by atoms with Gasteiger partial charge in [0.25, 0.3) is 0 Å². The molecule has 0 saturated carbocycles. The number of aliphatic hydroxyl groups is 2. The van der Waals surface area contributed by atoms with E-state index in [1.165, 1.54) is 44.8 Å². The summed E-state index contributed by atoms with van der Waals surface area (Å²) in [6, 6.07) is -0.608. The third-order valence-corrected chi connectivity index (χ3v) is 4.56. The molecule has 1 rings (SSSR count). The number of rotatable bonds is 13. The molecule has 0 amide bonds. The van der Waals surface area contributed by atoms with Crippen LogP contribution < -0.4 is 5.73 Å². The zero-order valence-corrected chi connectivity index (χ0v) is 15.8. The Kier molecular flexibility index (Phi) is 12.1. The summed E-state index contributed by atoms with van der Waals surface area (Å²) < 4.78 is 16.7. The lowest BCUT2D eigenvalue weighted by Gasteiger charge is -2.42. The first-order valence-corrected chi connectivity index (χ1v) is 9.73. The zero-order chi connectivity index (χ0) is 18.5. The number of hydrogen-bond donors (Lipinski definition) is 3. The fourth-order valence-electron chi connectivity index (χ4n) is 3.03. The number of allylic oxidation sites excluding steroid dienone is 1. The Morgan fingerprint density at radius 1 is 1.08 bits per heavy atom. The van der Waals surface area contributed by atoms with Crippen LogP contribution in [0.25, 0.3) is 0 Å². The number of nitrogens with two attached hydrogens (primary N) is 1. The zero-order valence-electron chi connectivity index (χ0n) is 15.8. The van der Waals surface area contributed by atoms with E-state index in [2.05, 4.69) is 6.92 Å². The molecule has 0 aromatic rings. The standard InChI is InChI=1S/C19H37NO5/c1-3-5-6-7-8-9-10-11-13-23-18-16(20)19(24-12-4-2)25-15(14-21)17(18)22/h4,12,15-19,21-22H,3,5-11,13-14,20H2,1-2H3/t15?,16?,17?,18?,19-/m0/s1. The molecule has 6 nitrogen and oxygen atoms in total. The lowest BCUT2D eigenvalue weighted by Crippen LogP contribution is -2.63. The van der Waals surface area contributed by atoms with Gasteiger partial charge in [-0.2, -0.15) is 0 Å². The van der Waals surface area contributed by atoms with Crippen molar-refractivity contribution in [2.75, 3.05) is 13.2 Å². The molecule has 5 atom stereocenters. The van der Waals surface area contributed by atoms with Crippen molar-refractivity contribution >= 4 is 0 Å². The lowest BCUT2D eigenvalue weighted by molar-refractivity contribution is -0.258. The highest BCUT2D eigenvalue weighted by atomic mass is 16.7. The minimum absolute atomic E-state index is 0.304. The summed E-state index contributed by atoms with van der Waals surface area (Å²) in [4.78, 5) is 0. The molecule has 25 heavy (non-hydrogen) atoms. The molecule has 1 heterocycles. The molecule has 4 unspecified atom stereocenters. The first-order chi connectivity index (χ1) is 12.2. The van der Waals surface area contributed by atoms with Crippen LogP contribution in [0.1, 0.15) is 65.2 Å². The average Bonchev–Trinajstić information content (AvgIpc) is 2.62. The molecule has 0 aliphatic carbocycles. The van der Waals surface area contributed by atoms with Crippen LogP contribution in [0.2, 0.25) is 0 Å². The topological polar surface area (TPSA) is 94.2 Å². The largest absolute Gasteiger partial charge is 0.471 e. The second-order valence-electron chi connectivity index (χ2n) is 6.71. The Labute approximate surface area is 152 Å². The maximum Gasteiger partial charge on any atom is 0.217 e. The minimum Gasteiger partial charge on any atom is -0.471 e. The molecule has 0 aromatic heterocycles. The molecule has 1 fully saturated rings. The molecular formula is C19H37NO5. The van der Waals surface area contributed by atoms with Crippen LogP contribution in [-0.4, -0.2) is 54.1 Å². The maximum atomic E-state index is 10.3. The van der Waals surface area contributed by atoms with Crippen molar-refractivity contribution in [2.24, 2.45) is 5.73 Å². The van der Waals surface area contributed by atoms with Crippen LogP contribution in [-0.2, 0) is 14.2 Å². The first-order valence-electron chi connectivity index (χ1n) is 9.73. The number of hydrogen-bond acceptors (Lipinski definition) is 6. The van der Waals surface area contributed by atoms with Gasteiger partial charge in [-0.3, -0.25) is 0 Å². The van der Waals surface area contributed by atoms with E-state index < -0.39 is 30.6 Å². The van der Waals surface area contributed by atoms with Crippen molar-refractivity contribution in [3.05, 3.63) is 12.3 Å². The van der Waals surface area contributed by atoms with Gasteiger partial charge in [-0.05, 0) is 13.3 Å². The molecule has 1 aliphatic heterocycles. The van der Waals surface area contributed by atoms with Crippen molar-refractivity contribution in [1.29, 1.82) is 0 Å². The van der Waals surface area contributed by atoms with E-state index in [9.17, 15) is 10.2 Å². The summed E-state index contributed by atoms with van der Waals surface area (Å²) in [5.41, 5.74) is 6.13. The summed E-state index contributed by atoms with van der Waals surface area (Å²) in [6.07, 6.45) is 9.93. The normalized spacial score (nSPS) is 30.0. The van der Waals surface area contributed by atoms with Crippen LogP contribution >= 0.6 is 0 Å². The average molecular weight is 360 g/mol. The van der Waals surface area contributed by atoms with E-state index in [1.54, 1.807) is 6.08 Å². The van der Waals surface area contributed by atoms with Gasteiger partial charge in [-0.25, -0.2) is 0 Å². The highest BCUT2D eigenvalue weighted by Gasteiger charge is 2.44. The smallest absolute Gasteiger partial charge is 0.217 e. The molecule has 0 bridgehead atoms. The lowest BCUT2D eigenvalue weighted by atomic mass is 9.97. The second kappa shape index (κ2) is 13.5. The van der Waals surface area contributed by atoms with Gasteiger partial charge in [0.2, 0.25) is 6.29 Å². The van der Waals surface area contributed by atoms with Gasteiger partial charge in [-0.15, -0.1) is 0 Å². The van der Waals surface area contributed by atoms with Crippen LogP contribution in [0.3, 0.4) is 0 Å². The molecule has 6 heteroatoms. The van der Waals surface area contributed by atoms with Gasteiger partial charge < -0.3 is 30.2 Å². The highest BCUT2D eigenvalue weighted by Crippen LogP contribution is 2.23. The van der Waals surface area contributed by atoms with Crippen molar-refractivity contribution in [1.82, 2.24) is 0 Å². The Bertz CT molecular complexity index is 353. The Balaban J connectivity index is 2.30. The van der Waals surface area contributed by atoms with E-state index in [0.717, 1.165) is 12.8 Å². The SMILES string of the molecule is CC=CO[C@H]1OC(CO)C(O)C(OCCCCCCCCCC)C1N. The van der Waals surface area contributed by atoms with E-state index in [4.69, 9.17) is 19.9 Å².